The molecule has 0 fully saturated rings. The Labute approximate surface area is 158 Å². The number of phenolic OH excluding ortho intramolecular Hbond substituents is 1. The number of carbonyl (C=O) groups excluding carboxylic acids is 2. The van der Waals surface area contributed by atoms with Gasteiger partial charge in [0.15, 0.2) is 5.69 Å². The first-order chi connectivity index (χ1) is 13.6. The molecule has 140 valence electrons. The van der Waals surface area contributed by atoms with Crippen molar-refractivity contribution < 1.29 is 14.7 Å². The molecule has 0 bridgehead atoms. The zero-order valence-electron chi connectivity index (χ0n) is 14.6. The number of fused-ring (bicyclic) bond motifs is 1. The van der Waals surface area contributed by atoms with E-state index in [0.29, 0.717) is 11.1 Å². The van der Waals surface area contributed by atoms with Crippen LogP contribution in [0.5, 0.6) is 5.75 Å². The SMILES string of the molecule is O=C(NCc1ccccc1O)c1nc[nH]c1C(=O)Nc1nc2ccccc2[nH]1. The second kappa shape index (κ2) is 7.23. The molecule has 0 atom stereocenters. The fraction of sp³-hybridized carbons (Fsp3) is 0.0526. The molecule has 2 aromatic carbocycles. The summed E-state index contributed by atoms with van der Waals surface area (Å²) in [6.07, 6.45) is 1.27. The predicted octanol–water partition coefficient (Wildman–Crippen LogP) is 2.17. The van der Waals surface area contributed by atoms with Crippen LogP contribution in [0.2, 0.25) is 0 Å². The summed E-state index contributed by atoms with van der Waals surface area (Å²) in [4.78, 5) is 38.8. The Morgan fingerprint density at radius 3 is 2.64 bits per heavy atom. The molecule has 0 radical (unpaired) electrons. The van der Waals surface area contributed by atoms with Crippen LogP contribution >= 0.6 is 0 Å². The molecule has 0 aliphatic heterocycles. The fourth-order valence-corrected chi connectivity index (χ4v) is 2.74. The number of H-pyrrole nitrogens is 2. The molecule has 2 heterocycles. The van der Waals surface area contributed by atoms with E-state index in [1.54, 1.807) is 18.2 Å². The third-order valence-electron chi connectivity index (χ3n) is 4.13. The van der Waals surface area contributed by atoms with Crippen LogP contribution in [0.3, 0.4) is 0 Å². The molecule has 0 saturated carbocycles. The number of para-hydroxylation sites is 3. The summed E-state index contributed by atoms with van der Waals surface area (Å²) in [7, 11) is 0. The van der Waals surface area contributed by atoms with Crippen molar-refractivity contribution in [3.05, 3.63) is 71.8 Å². The van der Waals surface area contributed by atoms with Gasteiger partial charge in [0.2, 0.25) is 5.95 Å². The first-order valence-electron chi connectivity index (χ1n) is 8.46. The highest BCUT2D eigenvalue weighted by molar-refractivity contribution is 6.09. The maximum atomic E-state index is 12.5. The van der Waals surface area contributed by atoms with E-state index in [0.717, 1.165) is 5.52 Å². The van der Waals surface area contributed by atoms with Crippen LogP contribution in [0.4, 0.5) is 5.95 Å². The van der Waals surface area contributed by atoms with E-state index < -0.39 is 11.8 Å². The van der Waals surface area contributed by atoms with Gasteiger partial charge in [-0.1, -0.05) is 30.3 Å². The number of phenols is 1. The Kier molecular flexibility index (Phi) is 4.47. The molecule has 4 rings (SSSR count). The van der Waals surface area contributed by atoms with E-state index in [2.05, 4.69) is 30.6 Å². The van der Waals surface area contributed by atoms with Crippen LogP contribution in [-0.4, -0.2) is 36.9 Å². The van der Waals surface area contributed by atoms with E-state index in [9.17, 15) is 14.7 Å². The third-order valence-corrected chi connectivity index (χ3v) is 4.13. The van der Waals surface area contributed by atoms with Crippen LogP contribution in [0, 0.1) is 0 Å². The van der Waals surface area contributed by atoms with Crippen LogP contribution in [0.1, 0.15) is 26.5 Å². The number of anilines is 1. The molecule has 5 N–H and O–H groups in total. The molecule has 4 aromatic rings. The minimum absolute atomic E-state index is 0.00948. The van der Waals surface area contributed by atoms with E-state index in [1.807, 2.05) is 24.3 Å². The number of carbonyl (C=O) groups is 2. The quantitative estimate of drug-likeness (QED) is 0.364. The second-order valence-electron chi connectivity index (χ2n) is 5.99. The lowest BCUT2D eigenvalue weighted by molar-refractivity contribution is 0.0932. The first kappa shape index (κ1) is 17.3. The number of aromatic nitrogens is 4. The third kappa shape index (κ3) is 3.40. The van der Waals surface area contributed by atoms with Gasteiger partial charge in [-0.2, -0.15) is 0 Å². The second-order valence-corrected chi connectivity index (χ2v) is 5.99. The van der Waals surface area contributed by atoms with Gasteiger partial charge in [0, 0.05) is 12.1 Å². The highest BCUT2D eigenvalue weighted by atomic mass is 16.3. The summed E-state index contributed by atoms with van der Waals surface area (Å²) >= 11 is 0. The zero-order chi connectivity index (χ0) is 19.5. The topological polar surface area (TPSA) is 136 Å². The van der Waals surface area contributed by atoms with Gasteiger partial charge >= 0.3 is 0 Å². The summed E-state index contributed by atoms with van der Waals surface area (Å²) in [5.74, 6) is -0.752. The molecule has 9 nitrogen and oxygen atoms in total. The maximum absolute atomic E-state index is 12.5. The molecule has 28 heavy (non-hydrogen) atoms. The molecule has 2 amide bonds. The molecule has 0 aliphatic carbocycles. The standard InChI is InChI=1S/C19H16N6O3/c26-14-8-4-1-5-11(14)9-20-17(27)15-16(22-10-21-15)18(28)25-19-23-12-6-2-3-7-13(12)24-19/h1-8,10,26H,9H2,(H,20,27)(H,21,22)(H2,23,24,25,28). The largest absolute Gasteiger partial charge is 0.508 e. The van der Waals surface area contributed by atoms with Crippen LogP contribution in [-0.2, 0) is 6.54 Å². The van der Waals surface area contributed by atoms with Gasteiger partial charge in [-0.25, -0.2) is 9.97 Å². The monoisotopic (exact) mass is 376 g/mol. The van der Waals surface area contributed by atoms with Crippen molar-refractivity contribution in [3.63, 3.8) is 0 Å². The maximum Gasteiger partial charge on any atom is 0.276 e. The van der Waals surface area contributed by atoms with Gasteiger partial charge in [0.05, 0.1) is 17.4 Å². The van der Waals surface area contributed by atoms with E-state index >= 15 is 0 Å². The van der Waals surface area contributed by atoms with Gasteiger partial charge in [-0.05, 0) is 18.2 Å². The Balaban J connectivity index is 1.47. The Hall–Kier alpha value is -4.14. The smallest absolute Gasteiger partial charge is 0.276 e. The zero-order valence-corrected chi connectivity index (χ0v) is 14.6. The molecular weight excluding hydrogens is 360 g/mol. The number of hydrogen-bond donors (Lipinski definition) is 5. The molecule has 9 heteroatoms. The average Bonchev–Trinajstić information content (AvgIpc) is 3.33. The fourth-order valence-electron chi connectivity index (χ4n) is 2.74. The summed E-state index contributed by atoms with van der Waals surface area (Å²) in [6.45, 7) is 0.100. The number of rotatable bonds is 5. The summed E-state index contributed by atoms with van der Waals surface area (Å²) in [5, 5.41) is 15.0. The van der Waals surface area contributed by atoms with Gasteiger partial charge in [-0.3, -0.25) is 14.9 Å². The van der Waals surface area contributed by atoms with Crippen LogP contribution in [0.25, 0.3) is 11.0 Å². The number of benzene rings is 2. The van der Waals surface area contributed by atoms with Crippen molar-refractivity contribution in [1.29, 1.82) is 0 Å². The number of hydrogen-bond acceptors (Lipinski definition) is 5. The number of aromatic amines is 2. The number of amides is 2. The van der Waals surface area contributed by atoms with Crippen molar-refractivity contribution in [2.24, 2.45) is 0 Å². The highest BCUT2D eigenvalue weighted by Crippen LogP contribution is 2.16. The average molecular weight is 376 g/mol. The number of aromatic hydroxyl groups is 1. The Bertz CT molecular complexity index is 1130. The van der Waals surface area contributed by atoms with Gasteiger partial charge in [-0.15, -0.1) is 0 Å². The van der Waals surface area contributed by atoms with Crippen molar-refractivity contribution in [3.8, 4) is 5.75 Å². The minimum atomic E-state index is -0.552. The first-order valence-corrected chi connectivity index (χ1v) is 8.46. The molecular formula is C19H16N6O3. The lowest BCUT2D eigenvalue weighted by atomic mass is 10.2. The Morgan fingerprint density at radius 1 is 1.04 bits per heavy atom. The van der Waals surface area contributed by atoms with Crippen molar-refractivity contribution in [2.75, 3.05) is 5.32 Å². The van der Waals surface area contributed by atoms with E-state index in [-0.39, 0.29) is 29.6 Å². The molecule has 0 unspecified atom stereocenters. The van der Waals surface area contributed by atoms with Crippen LogP contribution in [0.15, 0.2) is 54.9 Å². The predicted molar refractivity (Wildman–Crippen MR) is 102 cm³/mol. The summed E-state index contributed by atoms with van der Waals surface area (Å²) < 4.78 is 0. The van der Waals surface area contributed by atoms with Crippen LogP contribution < -0.4 is 10.6 Å². The Morgan fingerprint density at radius 2 is 1.82 bits per heavy atom. The van der Waals surface area contributed by atoms with E-state index in [1.165, 1.54) is 12.4 Å². The summed E-state index contributed by atoms with van der Waals surface area (Å²) in [6, 6.07) is 14.0. The molecule has 0 saturated heterocycles. The lowest BCUT2D eigenvalue weighted by Crippen LogP contribution is -2.26. The minimum Gasteiger partial charge on any atom is -0.508 e. The number of nitrogens with zero attached hydrogens (tertiary/aromatic N) is 2. The molecule has 0 spiro atoms. The number of nitrogens with one attached hydrogen (secondary N) is 4. The number of imidazole rings is 2. The highest BCUT2D eigenvalue weighted by Gasteiger charge is 2.21. The van der Waals surface area contributed by atoms with E-state index in [4.69, 9.17) is 0 Å². The van der Waals surface area contributed by atoms with Gasteiger partial charge in [0.1, 0.15) is 11.4 Å². The lowest BCUT2D eigenvalue weighted by Gasteiger charge is -2.07. The normalized spacial score (nSPS) is 10.7. The van der Waals surface area contributed by atoms with Crippen molar-refractivity contribution in [1.82, 2.24) is 25.3 Å². The van der Waals surface area contributed by atoms with Crippen molar-refractivity contribution in [2.45, 2.75) is 6.54 Å². The van der Waals surface area contributed by atoms with Gasteiger partial charge in [0.25, 0.3) is 11.8 Å². The van der Waals surface area contributed by atoms with Gasteiger partial charge < -0.3 is 20.4 Å². The summed E-state index contributed by atoms with van der Waals surface area (Å²) in [5.41, 5.74) is 2.00. The molecule has 2 aromatic heterocycles. The molecule has 0 aliphatic rings. The van der Waals surface area contributed by atoms with Crippen molar-refractivity contribution >= 4 is 28.8 Å².